The molecule has 5 rings (SSSR count). The Morgan fingerprint density at radius 3 is 2.71 bits per heavy atom. The SMILES string of the molecule is CCOC(=O)c1cn(CC)c2cc(N3N=N[C@@H]4CCC[C@@]43N3CCN(C)CC3)c(F)cc2c1=O. The molecule has 3 heterocycles. The van der Waals surface area contributed by atoms with Crippen LogP contribution < -0.4 is 10.4 Å². The second-order valence-corrected chi connectivity index (χ2v) is 9.29. The molecule has 1 aromatic carbocycles. The van der Waals surface area contributed by atoms with Gasteiger partial charge >= 0.3 is 5.97 Å². The second-order valence-electron chi connectivity index (χ2n) is 9.29. The predicted octanol–water partition coefficient (Wildman–Crippen LogP) is 3.02. The fraction of sp³-hybridized carbons (Fsp3) is 0.583. The summed E-state index contributed by atoms with van der Waals surface area (Å²) in [5.74, 6) is -1.24. The van der Waals surface area contributed by atoms with Gasteiger partial charge in [-0.05, 0) is 52.3 Å². The summed E-state index contributed by atoms with van der Waals surface area (Å²) in [6, 6.07) is 2.91. The molecule has 3 aliphatic rings. The number of rotatable bonds is 5. The number of piperazine rings is 1. The maximum absolute atomic E-state index is 15.7. The molecule has 1 saturated carbocycles. The number of likely N-dealkylation sites (N-methyl/N-ethyl adjacent to an activating group) is 1. The third kappa shape index (κ3) is 3.42. The van der Waals surface area contributed by atoms with Crippen molar-refractivity contribution in [3.8, 4) is 0 Å². The Balaban J connectivity index is 1.63. The first kappa shape index (κ1) is 22.9. The summed E-state index contributed by atoms with van der Waals surface area (Å²) in [7, 11) is 2.11. The summed E-state index contributed by atoms with van der Waals surface area (Å²) >= 11 is 0. The minimum Gasteiger partial charge on any atom is -0.462 e. The quantitative estimate of drug-likeness (QED) is 0.625. The first-order valence-corrected chi connectivity index (χ1v) is 12.1. The maximum atomic E-state index is 15.7. The summed E-state index contributed by atoms with van der Waals surface area (Å²) in [5.41, 5.74) is -0.238. The van der Waals surface area contributed by atoms with Crippen LogP contribution in [0, 0.1) is 5.82 Å². The van der Waals surface area contributed by atoms with Crippen molar-refractivity contribution >= 4 is 22.6 Å². The van der Waals surface area contributed by atoms with E-state index in [0.29, 0.717) is 17.7 Å². The van der Waals surface area contributed by atoms with E-state index in [0.717, 1.165) is 45.4 Å². The number of ether oxygens (including phenoxy) is 1. The molecule has 0 spiro atoms. The summed E-state index contributed by atoms with van der Waals surface area (Å²) in [6.45, 7) is 7.87. The molecule has 1 aromatic heterocycles. The number of nitrogens with zero attached hydrogens (tertiary/aromatic N) is 6. The van der Waals surface area contributed by atoms with E-state index in [1.54, 1.807) is 22.6 Å². The molecule has 2 aromatic rings. The fourth-order valence-electron chi connectivity index (χ4n) is 5.67. The minimum atomic E-state index is -0.697. The molecule has 2 aliphatic heterocycles. The van der Waals surface area contributed by atoms with Crippen molar-refractivity contribution in [1.82, 2.24) is 14.4 Å². The Hall–Kier alpha value is -2.85. The molecule has 0 radical (unpaired) electrons. The van der Waals surface area contributed by atoms with E-state index in [4.69, 9.17) is 4.74 Å². The van der Waals surface area contributed by atoms with Gasteiger partial charge in [-0.25, -0.2) is 14.2 Å². The molecule has 2 fully saturated rings. The first-order chi connectivity index (χ1) is 16.4. The number of anilines is 1. The number of halogens is 1. The predicted molar refractivity (Wildman–Crippen MR) is 127 cm³/mol. The lowest BCUT2D eigenvalue weighted by Gasteiger charge is -2.48. The van der Waals surface area contributed by atoms with Crippen LogP contribution in [-0.4, -0.2) is 71.9 Å². The van der Waals surface area contributed by atoms with E-state index in [-0.39, 0.29) is 23.6 Å². The van der Waals surface area contributed by atoms with Crippen LogP contribution >= 0.6 is 0 Å². The normalized spacial score (nSPS) is 25.3. The summed E-state index contributed by atoms with van der Waals surface area (Å²) < 4.78 is 22.5. The average molecular weight is 471 g/mol. The van der Waals surface area contributed by atoms with E-state index >= 15 is 4.39 Å². The zero-order valence-electron chi connectivity index (χ0n) is 20.0. The van der Waals surface area contributed by atoms with Gasteiger partial charge in [-0.2, -0.15) is 5.11 Å². The molecule has 10 heteroatoms. The first-order valence-electron chi connectivity index (χ1n) is 12.1. The molecule has 182 valence electrons. The molecule has 1 aliphatic carbocycles. The van der Waals surface area contributed by atoms with Gasteiger partial charge in [0.2, 0.25) is 5.43 Å². The third-order valence-electron chi connectivity index (χ3n) is 7.47. The molecule has 0 amide bonds. The topological polar surface area (TPSA) is 82.7 Å². The number of fused-ring (bicyclic) bond motifs is 2. The van der Waals surface area contributed by atoms with Crippen molar-refractivity contribution in [1.29, 1.82) is 0 Å². The monoisotopic (exact) mass is 470 g/mol. The fourth-order valence-corrected chi connectivity index (χ4v) is 5.67. The van der Waals surface area contributed by atoms with Crippen molar-refractivity contribution in [3.63, 3.8) is 0 Å². The van der Waals surface area contributed by atoms with Gasteiger partial charge in [0.1, 0.15) is 28.8 Å². The van der Waals surface area contributed by atoms with Gasteiger partial charge in [0, 0.05) is 44.3 Å². The van der Waals surface area contributed by atoms with E-state index in [9.17, 15) is 9.59 Å². The lowest BCUT2D eigenvalue weighted by molar-refractivity contribution is 0.0410. The van der Waals surface area contributed by atoms with Crippen LogP contribution in [0.2, 0.25) is 0 Å². The van der Waals surface area contributed by atoms with Crippen LogP contribution in [0.1, 0.15) is 43.5 Å². The van der Waals surface area contributed by atoms with E-state index in [1.807, 2.05) is 6.92 Å². The highest BCUT2D eigenvalue weighted by atomic mass is 19.1. The molecule has 0 N–H and O–H groups in total. The Morgan fingerprint density at radius 1 is 1.24 bits per heavy atom. The number of aryl methyl sites for hydroxylation is 1. The summed E-state index contributed by atoms with van der Waals surface area (Å²) in [5, 5.41) is 10.9. The van der Waals surface area contributed by atoms with Crippen LogP contribution in [0.3, 0.4) is 0 Å². The van der Waals surface area contributed by atoms with E-state index < -0.39 is 22.9 Å². The third-order valence-corrected chi connectivity index (χ3v) is 7.47. The van der Waals surface area contributed by atoms with Gasteiger partial charge in [-0.1, -0.05) is 5.22 Å². The van der Waals surface area contributed by atoms with E-state index in [2.05, 4.69) is 27.2 Å². The Bertz CT molecular complexity index is 1210. The van der Waals surface area contributed by atoms with Gasteiger partial charge in [0.05, 0.1) is 12.1 Å². The largest absolute Gasteiger partial charge is 0.462 e. The zero-order chi connectivity index (χ0) is 24.0. The van der Waals surface area contributed by atoms with Gasteiger partial charge in [-0.15, -0.1) is 0 Å². The van der Waals surface area contributed by atoms with Crippen LogP contribution in [0.15, 0.2) is 33.5 Å². The zero-order valence-corrected chi connectivity index (χ0v) is 20.0. The number of aromatic nitrogens is 1. The molecule has 34 heavy (non-hydrogen) atoms. The highest BCUT2D eigenvalue weighted by molar-refractivity contribution is 5.94. The maximum Gasteiger partial charge on any atom is 0.343 e. The van der Waals surface area contributed by atoms with Gasteiger partial charge < -0.3 is 14.2 Å². The van der Waals surface area contributed by atoms with Crippen molar-refractivity contribution in [2.75, 3.05) is 44.8 Å². The number of carbonyl (C=O) groups excluding carboxylic acids is 1. The second kappa shape index (κ2) is 8.74. The van der Waals surface area contributed by atoms with Crippen LogP contribution in [0.5, 0.6) is 0 Å². The van der Waals surface area contributed by atoms with Crippen molar-refractivity contribution < 1.29 is 13.9 Å². The smallest absolute Gasteiger partial charge is 0.343 e. The highest BCUT2D eigenvalue weighted by Gasteiger charge is 2.57. The van der Waals surface area contributed by atoms with Gasteiger partial charge in [0.25, 0.3) is 0 Å². The number of benzene rings is 1. The molecule has 9 nitrogen and oxygen atoms in total. The van der Waals surface area contributed by atoms with Crippen LogP contribution in [0.25, 0.3) is 10.9 Å². The Kier molecular flexibility index (Phi) is 5.89. The average Bonchev–Trinajstić information content (AvgIpc) is 3.40. The lowest BCUT2D eigenvalue weighted by Crippen LogP contribution is -2.64. The lowest BCUT2D eigenvalue weighted by atomic mass is 9.99. The van der Waals surface area contributed by atoms with Gasteiger partial charge in [0.15, 0.2) is 0 Å². The molecule has 0 bridgehead atoms. The molecule has 2 atom stereocenters. The number of hydrogen-bond acceptors (Lipinski definition) is 8. The number of carbonyl (C=O) groups is 1. The van der Waals surface area contributed by atoms with Crippen LogP contribution in [0.4, 0.5) is 10.1 Å². The summed E-state index contributed by atoms with van der Waals surface area (Å²) in [6.07, 6.45) is 4.28. The Labute approximate surface area is 197 Å². The number of hydrogen-bond donors (Lipinski definition) is 0. The molecular weight excluding hydrogens is 439 g/mol. The number of esters is 1. The molecular formula is C24H31FN6O3. The van der Waals surface area contributed by atoms with Crippen molar-refractivity contribution in [2.45, 2.75) is 51.4 Å². The van der Waals surface area contributed by atoms with E-state index in [1.165, 1.54) is 12.3 Å². The minimum absolute atomic E-state index is 0.00874. The Morgan fingerprint density at radius 2 is 2.00 bits per heavy atom. The van der Waals surface area contributed by atoms with Crippen molar-refractivity contribution in [2.24, 2.45) is 10.3 Å². The highest BCUT2D eigenvalue weighted by Crippen LogP contribution is 2.48. The number of pyridine rings is 1. The molecule has 0 unspecified atom stereocenters. The van der Waals surface area contributed by atoms with Crippen molar-refractivity contribution in [3.05, 3.63) is 39.9 Å². The summed E-state index contributed by atoms with van der Waals surface area (Å²) in [4.78, 5) is 30.1. The molecule has 1 saturated heterocycles. The standard InChI is InChI=1S/C24H31FN6O3/c1-4-29-15-17(23(33)34-5-2)22(32)16-13-18(25)20(14-19(16)29)31-24(8-6-7-21(24)26-27-31)30-11-9-28(3)10-12-30/h13-15,21H,4-12H2,1-3H3/t21-,24+/m1/s1. The van der Waals surface area contributed by atoms with Gasteiger partial charge in [-0.3, -0.25) is 9.69 Å². The van der Waals surface area contributed by atoms with Crippen LogP contribution in [-0.2, 0) is 11.3 Å².